The minimum atomic E-state index is -0.344. The van der Waals surface area contributed by atoms with E-state index in [4.69, 9.17) is 0 Å². The molecule has 0 aliphatic carbocycles. The molecule has 2 aromatic rings. The van der Waals surface area contributed by atoms with Gasteiger partial charge in [-0.15, -0.1) is 0 Å². The maximum atomic E-state index is 11.3. The van der Waals surface area contributed by atoms with Crippen LogP contribution in [0.2, 0.25) is 0 Å². The minimum Gasteiger partial charge on any atom is -0.465 e. The molecule has 0 spiro atoms. The van der Waals surface area contributed by atoms with Crippen LogP contribution in [0.5, 0.6) is 0 Å². The van der Waals surface area contributed by atoms with Gasteiger partial charge in [-0.25, -0.2) is 4.79 Å². The second-order valence-corrected chi connectivity index (χ2v) is 4.76. The van der Waals surface area contributed by atoms with Crippen LogP contribution in [-0.4, -0.2) is 19.3 Å². The van der Waals surface area contributed by atoms with Gasteiger partial charge in [-0.3, -0.25) is 4.99 Å². The molecule has 0 saturated heterocycles. The van der Waals surface area contributed by atoms with Crippen molar-refractivity contribution < 1.29 is 9.53 Å². The molecule has 2 aromatic carbocycles. The Bertz CT molecular complexity index is 589. The molecule has 0 saturated carbocycles. The molecule has 0 amide bonds. The van der Waals surface area contributed by atoms with Crippen molar-refractivity contribution in [1.82, 2.24) is 0 Å². The van der Waals surface area contributed by atoms with E-state index in [1.54, 1.807) is 30.5 Å². The lowest BCUT2D eigenvalue weighted by Crippen LogP contribution is -1.99. The van der Waals surface area contributed by atoms with Crippen LogP contribution in [0.4, 0.5) is 5.69 Å². The third-order valence-electron chi connectivity index (χ3n) is 2.52. The standard InChI is InChI=1S/C15H12BrNO2/c1-19-15(18)12-4-8-14(9-5-12)17-10-11-2-6-13(16)7-3-11/h2-10H,1H3. The van der Waals surface area contributed by atoms with E-state index in [0.717, 1.165) is 15.7 Å². The number of carbonyl (C=O) groups is 1. The average molecular weight is 318 g/mol. The second kappa shape index (κ2) is 6.29. The number of benzene rings is 2. The molecule has 0 fully saturated rings. The van der Waals surface area contributed by atoms with Crippen molar-refractivity contribution in [2.24, 2.45) is 4.99 Å². The summed E-state index contributed by atoms with van der Waals surface area (Å²) in [6, 6.07) is 14.8. The van der Waals surface area contributed by atoms with Gasteiger partial charge in [0.2, 0.25) is 0 Å². The van der Waals surface area contributed by atoms with Crippen molar-refractivity contribution in [2.45, 2.75) is 0 Å². The summed E-state index contributed by atoms with van der Waals surface area (Å²) in [5.41, 5.74) is 2.32. The topological polar surface area (TPSA) is 38.7 Å². The highest BCUT2D eigenvalue weighted by molar-refractivity contribution is 9.10. The fourth-order valence-corrected chi connectivity index (χ4v) is 1.76. The van der Waals surface area contributed by atoms with Gasteiger partial charge in [0, 0.05) is 10.7 Å². The summed E-state index contributed by atoms with van der Waals surface area (Å²) in [4.78, 5) is 15.6. The lowest BCUT2D eigenvalue weighted by Gasteiger charge is -1.99. The van der Waals surface area contributed by atoms with Gasteiger partial charge in [0.15, 0.2) is 0 Å². The zero-order valence-corrected chi connectivity index (χ0v) is 11.9. The van der Waals surface area contributed by atoms with E-state index in [2.05, 4.69) is 25.7 Å². The Morgan fingerprint density at radius 1 is 1.11 bits per heavy atom. The first-order valence-corrected chi connectivity index (χ1v) is 6.46. The fraction of sp³-hybridized carbons (Fsp3) is 0.0667. The van der Waals surface area contributed by atoms with Crippen LogP contribution in [0.25, 0.3) is 0 Å². The molecule has 3 nitrogen and oxygen atoms in total. The molecule has 0 aromatic heterocycles. The third kappa shape index (κ3) is 3.76. The molecule has 0 aliphatic rings. The zero-order chi connectivity index (χ0) is 13.7. The Labute approximate surface area is 120 Å². The highest BCUT2D eigenvalue weighted by atomic mass is 79.9. The summed E-state index contributed by atoms with van der Waals surface area (Å²) in [5, 5.41) is 0. The summed E-state index contributed by atoms with van der Waals surface area (Å²) in [7, 11) is 1.36. The van der Waals surface area contributed by atoms with Gasteiger partial charge in [0.25, 0.3) is 0 Å². The number of carbonyl (C=O) groups excluding carboxylic acids is 1. The predicted molar refractivity (Wildman–Crippen MR) is 79.2 cm³/mol. The van der Waals surface area contributed by atoms with Crippen LogP contribution < -0.4 is 0 Å². The van der Waals surface area contributed by atoms with Crippen molar-refractivity contribution in [1.29, 1.82) is 0 Å². The van der Waals surface area contributed by atoms with Gasteiger partial charge in [0.05, 0.1) is 18.4 Å². The first-order valence-electron chi connectivity index (χ1n) is 5.67. The Morgan fingerprint density at radius 3 is 2.32 bits per heavy atom. The Balaban J connectivity index is 2.11. The van der Waals surface area contributed by atoms with E-state index in [1.165, 1.54) is 7.11 Å². The molecule has 0 atom stereocenters. The molecular weight excluding hydrogens is 306 g/mol. The lowest BCUT2D eigenvalue weighted by atomic mass is 10.2. The number of aliphatic imine (C=N–C) groups is 1. The smallest absolute Gasteiger partial charge is 0.337 e. The molecule has 0 bridgehead atoms. The van der Waals surface area contributed by atoms with Gasteiger partial charge < -0.3 is 4.74 Å². The van der Waals surface area contributed by atoms with Gasteiger partial charge in [-0.05, 0) is 42.0 Å². The van der Waals surface area contributed by atoms with E-state index in [-0.39, 0.29) is 5.97 Å². The number of nitrogens with zero attached hydrogens (tertiary/aromatic N) is 1. The van der Waals surface area contributed by atoms with Crippen molar-refractivity contribution in [3.63, 3.8) is 0 Å². The number of halogens is 1. The molecule has 2 rings (SSSR count). The third-order valence-corrected chi connectivity index (χ3v) is 3.05. The maximum Gasteiger partial charge on any atom is 0.337 e. The minimum absolute atomic E-state index is 0.344. The molecule has 4 heteroatoms. The van der Waals surface area contributed by atoms with Gasteiger partial charge >= 0.3 is 5.97 Å². The molecule has 0 N–H and O–H groups in total. The van der Waals surface area contributed by atoms with Crippen molar-refractivity contribution in [3.8, 4) is 0 Å². The summed E-state index contributed by atoms with van der Waals surface area (Å²) >= 11 is 3.38. The van der Waals surface area contributed by atoms with Crippen LogP contribution in [0.1, 0.15) is 15.9 Å². The monoisotopic (exact) mass is 317 g/mol. The highest BCUT2D eigenvalue weighted by Crippen LogP contribution is 2.14. The average Bonchev–Trinajstić information content (AvgIpc) is 2.46. The van der Waals surface area contributed by atoms with E-state index < -0.39 is 0 Å². The zero-order valence-electron chi connectivity index (χ0n) is 10.3. The number of rotatable bonds is 3. The first-order chi connectivity index (χ1) is 9.19. The number of esters is 1. The SMILES string of the molecule is COC(=O)c1ccc(N=Cc2ccc(Br)cc2)cc1. The lowest BCUT2D eigenvalue weighted by molar-refractivity contribution is 0.0601. The van der Waals surface area contributed by atoms with E-state index in [0.29, 0.717) is 5.56 Å². The molecule has 0 unspecified atom stereocenters. The fourth-order valence-electron chi connectivity index (χ4n) is 1.50. The molecular formula is C15H12BrNO2. The van der Waals surface area contributed by atoms with Gasteiger partial charge in [-0.1, -0.05) is 28.1 Å². The highest BCUT2D eigenvalue weighted by Gasteiger charge is 2.03. The Morgan fingerprint density at radius 2 is 1.74 bits per heavy atom. The molecule has 0 aliphatic heterocycles. The van der Waals surface area contributed by atoms with Gasteiger partial charge in [0.1, 0.15) is 0 Å². The van der Waals surface area contributed by atoms with Gasteiger partial charge in [-0.2, -0.15) is 0 Å². The Hall–Kier alpha value is -1.94. The van der Waals surface area contributed by atoms with E-state index in [9.17, 15) is 4.79 Å². The number of ether oxygens (including phenoxy) is 1. The molecule has 0 radical (unpaired) electrons. The first kappa shape index (κ1) is 13.5. The second-order valence-electron chi connectivity index (χ2n) is 3.85. The molecule has 0 heterocycles. The summed E-state index contributed by atoms with van der Waals surface area (Å²) in [6.45, 7) is 0. The van der Waals surface area contributed by atoms with E-state index in [1.807, 2.05) is 24.3 Å². The predicted octanol–water partition coefficient (Wildman–Crippen LogP) is 3.99. The molecule has 19 heavy (non-hydrogen) atoms. The Kier molecular flexibility index (Phi) is 4.47. The normalized spacial score (nSPS) is 10.6. The van der Waals surface area contributed by atoms with Crippen LogP contribution in [0, 0.1) is 0 Å². The number of methoxy groups -OCH3 is 1. The quantitative estimate of drug-likeness (QED) is 0.634. The largest absolute Gasteiger partial charge is 0.465 e. The summed E-state index contributed by atoms with van der Waals surface area (Å²) < 4.78 is 5.67. The van der Waals surface area contributed by atoms with E-state index >= 15 is 0 Å². The van der Waals surface area contributed by atoms with Crippen molar-refractivity contribution in [2.75, 3.05) is 7.11 Å². The maximum absolute atomic E-state index is 11.3. The number of hydrogen-bond donors (Lipinski definition) is 0. The summed E-state index contributed by atoms with van der Waals surface area (Å²) in [5.74, 6) is -0.344. The van der Waals surface area contributed by atoms with Crippen LogP contribution in [0.3, 0.4) is 0 Å². The van der Waals surface area contributed by atoms with Crippen LogP contribution >= 0.6 is 15.9 Å². The molecule has 96 valence electrons. The van der Waals surface area contributed by atoms with Crippen LogP contribution in [0.15, 0.2) is 58.0 Å². The van der Waals surface area contributed by atoms with Crippen LogP contribution in [-0.2, 0) is 4.74 Å². The van der Waals surface area contributed by atoms with Crippen molar-refractivity contribution in [3.05, 3.63) is 64.1 Å². The summed E-state index contributed by atoms with van der Waals surface area (Å²) in [6.07, 6.45) is 1.78. The van der Waals surface area contributed by atoms with Crippen molar-refractivity contribution >= 4 is 33.8 Å². The number of hydrogen-bond acceptors (Lipinski definition) is 3.